The molecule has 2 aromatic rings. The average Bonchev–Trinajstić information content (AvgIpc) is 2.87. The van der Waals surface area contributed by atoms with Crippen molar-refractivity contribution in [1.29, 1.82) is 0 Å². The Morgan fingerprint density at radius 2 is 2.26 bits per heavy atom. The van der Waals surface area contributed by atoms with E-state index in [1.807, 2.05) is 0 Å². The first kappa shape index (κ1) is 13.1. The number of anilines is 1. The number of tetrazole rings is 1. The topological polar surface area (TPSA) is 151 Å². The quantitative estimate of drug-likeness (QED) is 0.640. The van der Waals surface area contributed by atoms with Crippen LogP contribution < -0.4 is 10.5 Å². The molecule has 12 heteroatoms. The van der Waals surface area contributed by atoms with Gasteiger partial charge in [0.25, 0.3) is 0 Å². The van der Waals surface area contributed by atoms with Crippen LogP contribution in [-0.4, -0.2) is 44.3 Å². The van der Waals surface area contributed by atoms with Crippen molar-refractivity contribution >= 4 is 21.7 Å². The van der Waals surface area contributed by atoms with Crippen LogP contribution in [0.4, 0.5) is 5.82 Å². The highest BCUT2D eigenvalue weighted by Gasteiger charge is 2.20. The fourth-order valence-corrected chi connectivity index (χ4v) is 1.99. The molecule has 102 valence electrons. The Labute approximate surface area is 107 Å². The number of nitrogens with zero attached hydrogens (tertiary/aromatic N) is 6. The number of carbonyl (C=O) groups is 1. The molecule has 0 saturated heterocycles. The number of aromatic nitrogens is 6. The molecule has 0 atom stereocenters. The lowest BCUT2D eigenvalue weighted by Gasteiger charge is -2.03. The minimum absolute atomic E-state index is 0.136. The Kier molecular flexibility index (Phi) is 3.26. The number of nitrogens with two attached hydrogens (primary N) is 1. The summed E-state index contributed by atoms with van der Waals surface area (Å²) in [6.07, 6.45) is 2.44. The molecule has 19 heavy (non-hydrogen) atoms. The first-order chi connectivity index (χ1) is 8.86. The van der Waals surface area contributed by atoms with Crippen LogP contribution in [-0.2, 0) is 28.4 Å². The van der Waals surface area contributed by atoms with Gasteiger partial charge in [-0.2, -0.15) is 5.10 Å². The molecular weight excluding hydrogens is 276 g/mol. The van der Waals surface area contributed by atoms with E-state index in [0.29, 0.717) is 0 Å². The first-order valence-corrected chi connectivity index (χ1v) is 6.48. The molecule has 0 aliphatic carbocycles. The first-order valence-electron chi connectivity index (χ1n) is 4.93. The van der Waals surface area contributed by atoms with Crippen molar-refractivity contribution in [3.05, 3.63) is 12.5 Å². The van der Waals surface area contributed by atoms with Crippen LogP contribution in [0.1, 0.15) is 0 Å². The lowest BCUT2D eigenvalue weighted by Crippen LogP contribution is -2.21. The number of amides is 1. The van der Waals surface area contributed by atoms with Gasteiger partial charge in [0.15, 0.2) is 5.82 Å². The predicted molar refractivity (Wildman–Crippen MR) is 61.0 cm³/mol. The molecule has 0 radical (unpaired) electrons. The van der Waals surface area contributed by atoms with Gasteiger partial charge < -0.3 is 5.32 Å². The van der Waals surface area contributed by atoms with Crippen LogP contribution in [0.3, 0.4) is 0 Å². The molecule has 0 bridgehead atoms. The SMILES string of the molecule is Cn1cc(S(N)(=O)=O)c(NC(=O)Cn2cnnn2)n1. The highest BCUT2D eigenvalue weighted by Crippen LogP contribution is 2.17. The third-order valence-corrected chi connectivity index (χ3v) is 2.97. The van der Waals surface area contributed by atoms with Gasteiger partial charge in [0.2, 0.25) is 15.9 Å². The minimum Gasteiger partial charge on any atom is -0.306 e. The Morgan fingerprint density at radius 3 is 2.84 bits per heavy atom. The summed E-state index contributed by atoms with van der Waals surface area (Å²) in [7, 11) is -2.46. The van der Waals surface area contributed by atoms with Gasteiger partial charge in [-0.15, -0.1) is 5.10 Å². The molecule has 2 aromatic heterocycles. The van der Waals surface area contributed by atoms with Crippen molar-refractivity contribution in [3.8, 4) is 0 Å². The summed E-state index contributed by atoms with van der Waals surface area (Å²) in [5.74, 6) is -0.668. The number of nitrogens with one attached hydrogen (secondary N) is 1. The van der Waals surface area contributed by atoms with Gasteiger partial charge in [0, 0.05) is 13.2 Å². The van der Waals surface area contributed by atoms with Crippen LogP contribution in [0.5, 0.6) is 0 Å². The third kappa shape index (κ3) is 3.11. The van der Waals surface area contributed by atoms with E-state index >= 15 is 0 Å². The number of aryl methyl sites for hydroxylation is 1. The fourth-order valence-electron chi connectivity index (χ4n) is 1.33. The summed E-state index contributed by atoms with van der Waals surface area (Å²) in [6, 6.07) is 0. The average molecular weight is 286 g/mol. The summed E-state index contributed by atoms with van der Waals surface area (Å²) in [4.78, 5) is 11.4. The van der Waals surface area contributed by atoms with Gasteiger partial charge in [-0.3, -0.25) is 9.48 Å². The van der Waals surface area contributed by atoms with Crippen molar-refractivity contribution in [3.63, 3.8) is 0 Å². The van der Waals surface area contributed by atoms with Crippen molar-refractivity contribution in [2.75, 3.05) is 5.32 Å². The lowest BCUT2D eigenvalue weighted by atomic mass is 10.5. The normalized spacial score (nSPS) is 11.5. The smallest absolute Gasteiger partial charge is 0.247 e. The summed E-state index contributed by atoms with van der Waals surface area (Å²) >= 11 is 0. The molecule has 0 aliphatic heterocycles. The fraction of sp³-hybridized carbons (Fsp3) is 0.286. The van der Waals surface area contributed by atoms with Gasteiger partial charge in [-0.25, -0.2) is 18.2 Å². The Morgan fingerprint density at radius 1 is 1.53 bits per heavy atom. The Balaban J connectivity index is 2.17. The molecule has 0 saturated carbocycles. The maximum Gasteiger partial charge on any atom is 0.247 e. The zero-order chi connectivity index (χ0) is 14.0. The monoisotopic (exact) mass is 286 g/mol. The van der Waals surface area contributed by atoms with Gasteiger partial charge in [-0.05, 0) is 10.4 Å². The molecule has 0 aliphatic rings. The largest absolute Gasteiger partial charge is 0.306 e. The standard InChI is InChI=1S/C7H10N8O3S/c1-14-2-5(19(8,17)18)7(11-14)10-6(16)3-15-4-9-12-13-15/h2,4H,3H2,1H3,(H2,8,17,18)(H,10,11,16). The lowest BCUT2D eigenvalue weighted by molar-refractivity contribution is -0.117. The van der Waals surface area contributed by atoms with E-state index in [1.54, 1.807) is 0 Å². The van der Waals surface area contributed by atoms with Crippen LogP contribution in [0, 0.1) is 0 Å². The van der Waals surface area contributed by atoms with Gasteiger partial charge in [0.05, 0.1) is 0 Å². The van der Waals surface area contributed by atoms with E-state index < -0.39 is 15.9 Å². The van der Waals surface area contributed by atoms with E-state index in [4.69, 9.17) is 5.14 Å². The number of sulfonamides is 1. The van der Waals surface area contributed by atoms with E-state index in [9.17, 15) is 13.2 Å². The van der Waals surface area contributed by atoms with E-state index in [2.05, 4.69) is 25.9 Å². The predicted octanol–water partition coefficient (Wildman–Crippen LogP) is -2.31. The summed E-state index contributed by atoms with van der Waals surface area (Å²) in [6.45, 7) is -0.173. The summed E-state index contributed by atoms with van der Waals surface area (Å²) < 4.78 is 25.0. The van der Waals surface area contributed by atoms with Crippen molar-refractivity contribution in [2.24, 2.45) is 12.2 Å². The van der Waals surface area contributed by atoms with Crippen molar-refractivity contribution in [2.45, 2.75) is 11.4 Å². The highest BCUT2D eigenvalue weighted by atomic mass is 32.2. The van der Waals surface area contributed by atoms with Crippen molar-refractivity contribution < 1.29 is 13.2 Å². The summed E-state index contributed by atoms with van der Waals surface area (Å²) in [5.41, 5.74) is 0. The zero-order valence-electron chi connectivity index (χ0n) is 9.76. The number of hydrogen-bond acceptors (Lipinski definition) is 7. The maximum atomic E-state index is 11.7. The van der Waals surface area contributed by atoms with E-state index in [1.165, 1.54) is 28.9 Å². The third-order valence-electron chi connectivity index (χ3n) is 2.06. The molecule has 0 fully saturated rings. The van der Waals surface area contributed by atoms with Crippen LogP contribution in [0.2, 0.25) is 0 Å². The van der Waals surface area contributed by atoms with Crippen molar-refractivity contribution in [1.82, 2.24) is 30.0 Å². The summed E-state index contributed by atoms with van der Waals surface area (Å²) in [5, 5.41) is 21.4. The molecule has 1 amide bonds. The minimum atomic E-state index is -3.97. The van der Waals surface area contributed by atoms with E-state index in [0.717, 1.165) is 0 Å². The second kappa shape index (κ2) is 4.74. The molecular formula is C7H10N8O3S. The Bertz CT molecular complexity index is 688. The van der Waals surface area contributed by atoms with E-state index in [-0.39, 0.29) is 17.3 Å². The van der Waals surface area contributed by atoms with Gasteiger partial charge in [0.1, 0.15) is 17.8 Å². The molecule has 2 rings (SSSR count). The van der Waals surface area contributed by atoms with Crippen LogP contribution in [0.25, 0.3) is 0 Å². The highest BCUT2D eigenvalue weighted by molar-refractivity contribution is 7.89. The maximum absolute atomic E-state index is 11.7. The number of hydrogen-bond donors (Lipinski definition) is 2. The molecule has 3 N–H and O–H groups in total. The number of primary sulfonamides is 1. The molecule has 0 spiro atoms. The molecule has 11 nitrogen and oxygen atoms in total. The van der Waals surface area contributed by atoms with Gasteiger partial charge in [-0.1, -0.05) is 0 Å². The second-order valence-corrected chi connectivity index (χ2v) is 5.15. The molecule has 0 unspecified atom stereocenters. The second-order valence-electron chi connectivity index (χ2n) is 3.62. The Hall–Kier alpha value is -2.34. The van der Waals surface area contributed by atoms with Crippen LogP contribution in [0.15, 0.2) is 17.4 Å². The molecule has 0 aromatic carbocycles. The number of carbonyl (C=O) groups excluding carboxylic acids is 1. The zero-order valence-corrected chi connectivity index (χ0v) is 10.6. The molecule has 2 heterocycles. The van der Waals surface area contributed by atoms with Gasteiger partial charge >= 0.3 is 0 Å². The number of rotatable bonds is 4. The van der Waals surface area contributed by atoms with Crippen LogP contribution >= 0.6 is 0 Å².